The number of amides is 2. The van der Waals surface area contributed by atoms with E-state index in [-0.39, 0.29) is 36.3 Å². The SMILES string of the molecule is C#CCOC(=O)Nc1ccc2c(c1O)C(=O)C1=C(O)[C@]3(O)C(=O)C(C(N)=O)=C(O)[C@@H](N(C)C)[C@@H]3C[C@H]1C2. The van der Waals surface area contributed by atoms with E-state index in [2.05, 4.69) is 11.2 Å². The molecule has 0 aliphatic heterocycles. The second-order valence-electron chi connectivity index (χ2n) is 9.36. The number of aliphatic hydroxyl groups is 3. The Kier molecular flexibility index (Phi) is 6.23. The summed E-state index contributed by atoms with van der Waals surface area (Å²) in [5, 5.41) is 46.6. The number of phenols is 1. The number of nitrogens with zero attached hydrogens (tertiary/aromatic N) is 1. The molecule has 0 radical (unpaired) electrons. The van der Waals surface area contributed by atoms with Gasteiger partial charge in [0.2, 0.25) is 5.78 Å². The van der Waals surface area contributed by atoms with Crippen molar-refractivity contribution in [2.75, 3.05) is 26.0 Å². The van der Waals surface area contributed by atoms with Gasteiger partial charge in [-0.1, -0.05) is 12.0 Å². The fourth-order valence-corrected chi connectivity index (χ4v) is 5.58. The largest absolute Gasteiger partial charge is 0.510 e. The van der Waals surface area contributed by atoms with E-state index in [0.717, 1.165) is 0 Å². The fourth-order valence-electron chi connectivity index (χ4n) is 5.58. The van der Waals surface area contributed by atoms with Crippen LogP contribution in [0, 0.1) is 24.2 Å². The lowest BCUT2D eigenvalue weighted by atomic mass is 9.58. The molecule has 3 aliphatic carbocycles. The molecule has 0 unspecified atom stereocenters. The smallest absolute Gasteiger partial charge is 0.412 e. The van der Waals surface area contributed by atoms with Gasteiger partial charge in [0.15, 0.2) is 23.7 Å². The normalized spacial score (nSPS) is 26.7. The van der Waals surface area contributed by atoms with E-state index in [1.807, 2.05) is 0 Å². The highest BCUT2D eigenvalue weighted by Gasteiger charge is 2.63. The van der Waals surface area contributed by atoms with Crippen LogP contribution in [0.5, 0.6) is 5.75 Å². The number of hydrogen-bond acceptors (Lipinski definition) is 10. The van der Waals surface area contributed by atoms with Crippen LogP contribution < -0.4 is 11.1 Å². The molecule has 0 saturated carbocycles. The number of phenolic OH excluding ortho intramolecular Hbond substituents is 1. The summed E-state index contributed by atoms with van der Waals surface area (Å²) in [4.78, 5) is 52.2. The molecule has 0 spiro atoms. The van der Waals surface area contributed by atoms with Crippen molar-refractivity contribution >= 4 is 29.3 Å². The van der Waals surface area contributed by atoms with Gasteiger partial charge in [0.1, 0.15) is 17.1 Å². The van der Waals surface area contributed by atoms with Crippen LogP contribution in [-0.4, -0.2) is 81.2 Å². The number of carbonyl (C=O) groups excluding carboxylic acids is 4. The number of ether oxygens (including phenoxy) is 1. The number of rotatable bonds is 4. The van der Waals surface area contributed by atoms with E-state index in [0.29, 0.717) is 5.56 Å². The first kappa shape index (κ1) is 25.7. The van der Waals surface area contributed by atoms with Crippen molar-refractivity contribution in [3.05, 3.63) is 45.9 Å². The Morgan fingerprint density at radius 3 is 2.54 bits per heavy atom. The second-order valence-corrected chi connectivity index (χ2v) is 9.36. The van der Waals surface area contributed by atoms with Crippen LogP contribution in [-0.2, 0) is 20.7 Å². The number of fused-ring (bicyclic) bond motifs is 3. The molecule has 12 heteroatoms. The Balaban J connectivity index is 1.84. The number of aromatic hydroxyl groups is 1. The van der Waals surface area contributed by atoms with Crippen molar-refractivity contribution < 1.29 is 44.3 Å². The molecule has 4 rings (SSSR count). The van der Waals surface area contributed by atoms with Gasteiger partial charge >= 0.3 is 6.09 Å². The Morgan fingerprint density at radius 1 is 1.27 bits per heavy atom. The van der Waals surface area contributed by atoms with Crippen LogP contribution in [0.4, 0.5) is 10.5 Å². The zero-order valence-electron chi connectivity index (χ0n) is 19.9. The minimum Gasteiger partial charge on any atom is -0.510 e. The van der Waals surface area contributed by atoms with E-state index in [1.165, 1.54) is 17.0 Å². The molecule has 0 saturated heterocycles. The standard InChI is InChI=1S/C25H25N3O9/c1-4-7-37-24(35)27-13-6-5-10-8-11-9-12-17(28(2)3)20(31)16(23(26)34)22(33)25(12,36)21(32)15(11)19(30)14(10)18(13)29/h1,5-6,11-12,17,29,31-32,36H,7-9H2,2-3H3,(H2,26,34)(H,27,35)/t11-,12+,17+,25+/m1/s1. The molecule has 0 fully saturated rings. The predicted octanol–water partition coefficient (Wildman–Crippen LogP) is 0.302. The van der Waals surface area contributed by atoms with Crippen molar-refractivity contribution in [3.8, 4) is 18.1 Å². The molecular formula is C25H25N3O9. The molecule has 2 amide bonds. The van der Waals surface area contributed by atoms with Crippen molar-refractivity contribution in [3.63, 3.8) is 0 Å². The molecular weight excluding hydrogens is 486 g/mol. The topological polar surface area (TPSA) is 200 Å². The second kappa shape index (κ2) is 8.95. The predicted molar refractivity (Wildman–Crippen MR) is 127 cm³/mol. The Hall–Kier alpha value is -4.34. The Bertz CT molecular complexity index is 1350. The summed E-state index contributed by atoms with van der Waals surface area (Å²) in [5.41, 5.74) is 1.39. The summed E-state index contributed by atoms with van der Waals surface area (Å²) < 4.78 is 4.71. The number of hydrogen-bond donors (Lipinski definition) is 6. The molecule has 0 heterocycles. The van der Waals surface area contributed by atoms with Gasteiger partial charge in [-0.25, -0.2) is 4.79 Å². The number of nitrogens with two attached hydrogens (primary N) is 1. The average molecular weight is 511 g/mol. The summed E-state index contributed by atoms with van der Waals surface area (Å²) in [6.07, 6.45) is 4.18. The highest BCUT2D eigenvalue weighted by Crippen LogP contribution is 2.52. The van der Waals surface area contributed by atoms with E-state index in [4.69, 9.17) is 16.9 Å². The van der Waals surface area contributed by atoms with Crippen LogP contribution in [0.2, 0.25) is 0 Å². The molecule has 1 aromatic carbocycles. The highest BCUT2D eigenvalue weighted by molar-refractivity contribution is 6.25. The minimum absolute atomic E-state index is 0.0229. The molecule has 4 atom stereocenters. The quantitative estimate of drug-likeness (QED) is 0.186. The van der Waals surface area contributed by atoms with E-state index >= 15 is 0 Å². The van der Waals surface area contributed by atoms with E-state index in [9.17, 15) is 39.6 Å². The first-order valence-electron chi connectivity index (χ1n) is 11.2. The number of nitrogens with one attached hydrogen (secondary N) is 1. The third-order valence-corrected chi connectivity index (χ3v) is 7.12. The summed E-state index contributed by atoms with van der Waals surface area (Å²) in [7, 11) is 3.10. The number of allylic oxidation sites excluding steroid dienone is 1. The highest BCUT2D eigenvalue weighted by atomic mass is 16.5. The summed E-state index contributed by atoms with van der Waals surface area (Å²) in [6.45, 7) is -0.322. The lowest BCUT2D eigenvalue weighted by molar-refractivity contribution is -0.148. The van der Waals surface area contributed by atoms with Gasteiger partial charge in [-0.2, -0.15) is 0 Å². The number of aliphatic hydroxyl groups excluding tert-OH is 2. The Morgan fingerprint density at radius 2 is 1.95 bits per heavy atom. The van der Waals surface area contributed by atoms with Crippen LogP contribution in [0.1, 0.15) is 22.3 Å². The van der Waals surface area contributed by atoms with Crippen molar-refractivity contribution in [2.24, 2.45) is 17.6 Å². The molecule has 0 bridgehead atoms. The molecule has 37 heavy (non-hydrogen) atoms. The number of likely N-dealkylation sites (N-methyl/N-ethyl adjacent to an activating group) is 1. The molecule has 194 valence electrons. The van der Waals surface area contributed by atoms with Crippen molar-refractivity contribution in [1.82, 2.24) is 4.90 Å². The molecule has 3 aliphatic rings. The van der Waals surface area contributed by atoms with Crippen LogP contribution in [0.15, 0.2) is 34.8 Å². The maximum Gasteiger partial charge on any atom is 0.412 e. The third kappa shape index (κ3) is 3.71. The zero-order valence-corrected chi connectivity index (χ0v) is 19.9. The van der Waals surface area contributed by atoms with E-state index < -0.39 is 69.9 Å². The van der Waals surface area contributed by atoms with Gasteiger partial charge in [-0.05, 0) is 44.5 Å². The molecule has 12 nitrogen and oxygen atoms in total. The molecule has 1 aromatic rings. The minimum atomic E-state index is -2.73. The van der Waals surface area contributed by atoms with Gasteiger partial charge in [0.25, 0.3) is 5.91 Å². The van der Waals surface area contributed by atoms with Gasteiger partial charge in [-0.3, -0.25) is 24.6 Å². The summed E-state index contributed by atoms with van der Waals surface area (Å²) in [6, 6.07) is 1.81. The number of ketones is 2. The fraction of sp³-hybridized carbons (Fsp3) is 0.360. The van der Waals surface area contributed by atoms with Gasteiger partial charge in [0.05, 0.1) is 17.3 Å². The summed E-state index contributed by atoms with van der Waals surface area (Å²) >= 11 is 0. The van der Waals surface area contributed by atoms with Crippen molar-refractivity contribution in [2.45, 2.75) is 24.5 Å². The average Bonchev–Trinajstić information content (AvgIpc) is 2.81. The van der Waals surface area contributed by atoms with Gasteiger partial charge < -0.3 is 30.9 Å². The monoisotopic (exact) mass is 511 g/mol. The first-order chi connectivity index (χ1) is 17.4. The number of Topliss-reactive ketones (excluding diaryl/α,β-unsaturated/α-hetero) is 2. The molecule has 7 N–H and O–H groups in total. The Labute approximate surface area is 211 Å². The van der Waals surface area contributed by atoms with E-state index in [1.54, 1.807) is 14.1 Å². The molecule has 0 aromatic heterocycles. The maximum atomic E-state index is 13.6. The number of anilines is 1. The number of terminal acetylenes is 1. The number of benzene rings is 1. The van der Waals surface area contributed by atoms with Crippen molar-refractivity contribution in [1.29, 1.82) is 0 Å². The maximum absolute atomic E-state index is 13.6. The lowest BCUT2D eigenvalue weighted by Crippen LogP contribution is -2.63. The van der Waals surface area contributed by atoms with Crippen LogP contribution in [0.3, 0.4) is 0 Å². The number of carbonyl (C=O) groups is 4. The van der Waals surface area contributed by atoms with Gasteiger partial charge in [0, 0.05) is 11.5 Å². The van der Waals surface area contributed by atoms with Gasteiger partial charge in [-0.15, -0.1) is 6.42 Å². The summed E-state index contributed by atoms with van der Waals surface area (Å²) in [5.74, 6) is -5.40. The van der Waals surface area contributed by atoms with Crippen LogP contribution >= 0.6 is 0 Å². The lowest BCUT2D eigenvalue weighted by Gasteiger charge is -2.50. The third-order valence-electron chi connectivity index (χ3n) is 7.12. The number of primary amides is 1. The van der Waals surface area contributed by atoms with Crippen LogP contribution in [0.25, 0.3) is 0 Å². The zero-order chi connectivity index (χ0) is 27.4. The first-order valence-corrected chi connectivity index (χ1v) is 11.2.